The predicted molar refractivity (Wildman–Crippen MR) is 88.0 cm³/mol. The monoisotopic (exact) mass is 283 g/mol. The Morgan fingerprint density at radius 2 is 1.65 bits per heavy atom. The van der Waals surface area contributed by atoms with E-state index in [2.05, 4.69) is 19.2 Å². The lowest BCUT2D eigenvalue weighted by molar-refractivity contribution is 0.188. The largest absolute Gasteiger partial charge is 0.365 e. The van der Waals surface area contributed by atoms with E-state index in [4.69, 9.17) is 4.74 Å². The highest BCUT2D eigenvalue weighted by Crippen LogP contribution is 2.23. The van der Waals surface area contributed by atoms with Crippen LogP contribution < -0.4 is 5.32 Å². The molecule has 1 aliphatic heterocycles. The number of rotatable bonds is 13. The molecule has 1 heterocycles. The molecule has 0 amide bonds. The third-order valence-electron chi connectivity index (χ3n) is 4.62. The zero-order chi connectivity index (χ0) is 14.5. The van der Waals surface area contributed by atoms with Crippen LogP contribution >= 0.6 is 0 Å². The van der Waals surface area contributed by atoms with Crippen molar-refractivity contribution in [2.24, 2.45) is 5.92 Å². The highest BCUT2D eigenvalue weighted by Gasteiger charge is 2.15. The van der Waals surface area contributed by atoms with Crippen LogP contribution in [-0.2, 0) is 4.74 Å². The Kier molecular flexibility index (Phi) is 11.4. The van der Waals surface area contributed by atoms with E-state index >= 15 is 0 Å². The van der Waals surface area contributed by atoms with Crippen LogP contribution in [0.15, 0.2) is 0 Å². The molecule has 0 saturated carbocycles. The van der Waals surface area contributed by atoms with Gasteiger partial charge in [-0.2, -0.15) is 0 Å². The molecule has 1 N–H and O–H groups in total. The average Bonchev–Trinajstić information content (AvgIpc) is 2.96. The van der Waals surface area contributed by atoms with Gasteiger partial charge in [0.2, 0.25) is 0 Å². The second-order valence-electron chi connectivity index (χ2n) is 6.56. The molecule has 120 valence electrons. The normalized spacial score (nSPS) is 20.4. The van der Waals surface area contributed by atoms with Gasteiger partial charge in [-0.3, -0.25) is 5.32 Å². The van der Waals surface area contributed by atoms with Crippen molar-refractivity contribution in [2.75, 3.05) is 13.3 Å². The average molecular weight is 283 g/mol. The van der Waals surface area contributed by atoms with Gasteiger partial charge in [0.05, 0.1) is 13.3 Å². The second kappa shape index (κ2) is 12.6. The minimum Gasteiger partial charge on any atom is -0.365 e. The molecule has 2 unspecified atom stereocenters. The summed E-state index contributed by atoms with van der Waals surface area (Å²) in [6.45, 7) is 6.32. The minimum absolute atomic E-state index is 0.631. The predicted octanol–water partition coefficient (Wildman–Crippen LogP) is 5.27. The van der Waals surface area contributed by atoms with Crippen LogP contribution in [0.3, 0.4) is 0 Å². The van der Waals surface area contributed by atoms with Crippen LogP contribution in [0.1, 0.15) is 90.9 Å². The van der Waals surface area contributed by atoms with Crippen LogP contribution in [0.25, 0.3) is 0 Å². The summed E-state index contributed by atoms with van der Waals surface area (Å²) in [6.07, 6.45) is 17.0. The number of nitrogens with one attached hydrogen (secondary N) is 1. The van der Waals surface area contributed by atoms with Crippen LogP contribution in [0.5, 0.6) is 0 Å². The van der Waals surface area contributed by atoms with E-state index in [0.717, 1.165) is 19.3 Å². The molecular weight excluding hydrogens is 246 g/mol. The highest BCUT2D eigenvalue weighted by atomic mass is 16.5. The fourth-order valence-electron chi connectivity index (χ4n) is 3.33. The van der Waals surface area contributed by atoms with Gasteiger partial charge in [0, 0.05) is 6.04 Å². The van der Waals surface area contributed by atoms with Crippen molar-refractivity contribution < 1.29 is 4.74 Å². The first kappa shape index (κ1) is 18.0. The van der Waals surface area contributed by atoms with Gasteiger partial charge in [0.15, 0.2) is 0 Å². The summed E-state index contributed by atoms with van der Waals surface area (Å²) in [5.74, 6) is 0.980. The first-order valence-corrected chi connectivity index (χ1v) is 9.18. The molecule has 0 aliphatic carbocycles. The van der Waals surface area contributed by atoms with E-state index < -0.39 is 0 Å². The molecule has 2 heteroatoms. The Hall–Kier alpha value is -0.0800. The fourth-order valence-corrected chi connectivity index (χ4v) is 3.33. The molecule has 1 rings (SSSR count). The molecule has 2 nitrogen and oxygen atoms in total. The molecule has 0 aromatic carbocycles. The first-order chi connectivity index (χ1) is 9.86. The number of unbranched alkanes of at least 4 members (excludes halogenated alkanes) is 5. The lowest BCUT2D eigenvalue weighted by Gasteiger charge is -2.17. The molecule has 20 heavy (non-hydrogen) atoms. The second-order valence-corrected chi connectivity index (χ2v) is 6.56. The molecule has 1 fully saturated rings. The van der Waals surface area contributed by atoms with Crippen molar-refractivity contribution in [1.29, 1.82) is 0 Å². The summed E-state index contributed by atoms with van der Waals surface area (Å²) in [5, 5.41) is 3.41. The van der Waals surface area contributed by atoms with Gasteiger partial charge < -0.3 is 4.74 Å². The number of hydrogen-bond acceptors (Lipinski definition) is 2. The van der Waals surface area contributed by atoms with Crippen molar-refractivity contribution in [2.45, 2.75) is 96.9 Å². The van der Waals surface area contributed by atoms with Crippen LogP contribution in [0.4, 0.5) is 0 Å². The molecule has 1 aliphatic rings. The van der Waals surface area contributed by atoms with Gasteiger partial charge in [-0.1, -0.05) is 84.5 Å². The van der Waals surface area contributed by atoms with Crippen LogP contribution in [0.2, 0.25) is 0 Å². The highest BCUT2D eigenvalue weighted by molar-refractivity contribution is 4.70. The molecule has 0 aromatic heterocycles. The lowest BCUT2D eigenvalue weighted by Crippen LogP contribution is -2.23. The summed E-state index contributed by atoms with van der Waals surface area (Å²) in [5.41, 5.74) is 0. The smallest absolute Gasteiger partial charge is 0.0968 e. The molecule has 2 atom stereocenters. The van der Waals surface area contributed by atoms with Gasteiger partial charge in [-0.05, 0) is 12.3 Å². The molecule has 0 spiro atoms. The van der Waals surface area contributed by atoms with Gasteiger partial charge >= 0.3 is 0 Å². The van der Waals surface area contributed by atoms with Crippen molar-refractivity contribution in [1.82, 2.24) is 5.32 Å². The van der Waals surface area contributed by atoms with Gasteiger partial charge in [0.25, 0.3) is 0 Å². The van der Waals surface area contributed by atoms with E-state index in [1.165, 1.54) is 77.0 Å². The summed E-state index contributed by atoms with van der Waals surface area (Å²) in [6, 6.07) is 0.631. The maximum atomic E-state index is 5.36. The lowest BCUT2D eigenvalue weighted by atomic mass is 9.90. The maximum Gasteiger partial charge on any atom is 0.0968 e. The molecule has 1 saturated heterocycles. The van der Waals surface area contributed by atoms with Gasteiger partial charge in [-0.15, -0.1) is 0 Å². The molecule has 0 radical (unpaired) electrons. The van der Waals surface area contributed by atoms with E-state index in [-0.39, 0.29) is 0 Å². The Bertz CT molecular complexity index is 202. The zero-order valence-electron chi connectivity index (χ0n) is 14.0. The Balaban J connectivity index is 2.00. The van der Waals surface area contributed by atoms with Crippen molar-refractivity contribution in [3.05, 3.63) is 0 Å². The quantitative estimate of drug-likeness (QED) is 0.465. The zero-order valence-corrected chi connectivity index (χ0v) is 14.0. The Morgan fingerprint density at radius 1 is 0.900 bits per heavy atom. The summed E-state index contributed by atoms with van der Waals surface area (Å²) >= 11 is 0. The minimum atomic E-state index is 0.631. The third-order valence-corrected chi connectivity index (χ3v) is 4.62. The Morgan fingerprint density at radius 3 is 2.35 bits per heavy atom. The number of hydrogen-bond donors (Lipinski definition) is 1. The van der Waals surface area contributed by atoms with Gasteiger partial charge in [0.1, 0.15) is 0 Å². The van der Waals surface area contributed by atoms with Gasteiger partial charge in [-0.25, -0.2) is 0 Å². The number of ether oxygens (including phenoxy) is 1. The van der Waals surface area contributed by atoms with Crippen molar-refractivity contribution >= 4 is 0 Å². The van der Waals surface area contributed by atoms with Crippen LogP contribution in [-0.4, -0.2) is 19.4 Å². The third kappa shape index (κ3) is 8.97. The van der Waals surface area contributed by atoms with Crippen molar-refractivity contribution in [3.8, 4) is 0 Å². The summed E-state index contributed by atoms with van der Waals surface area (Å²) in [7, 11) is 0. The van der Waals surface area contributed by atoms with E-state index in [1.54, 1.807) is 0 Å². The maximum absolute atomic E-state index is 5.36. The van der Waals surface area contributed by atoms with E-state index in [9.17, 15) is 0 Å². The fraction of sp³-hybridized carbons (Fsp3) is 1.00. The van der Waals surface area contributed by atoms with E-state index in [0.29, 0.717) is 6.04 Å². The summed E-state index contributed by atoms with van der Waals surface area (Å²) < 4.78 is 5.36. The Labute approximate surface area is 127 Å². The molecule has 0 aromatic rings. The summed E-state index contributed by atoms with van der Waals surface area (Å²) in [4.78, 5) is 0. The molecular formula is C18H37NO. The van der Waals surface area contributed by atoms with E-state index in [1.807, 2.05) is 0 Å². The standard InChI is InChI=1S/C18H37NO/c1-3-5-6-7-8-9-12-17(11-4-2)13-10-14-18-15-20-16-19-18/h17-19H,3-16H2,1-2H3. The molecule has 0 bridgehead atoms. The SMILES string of the molecule is CCCCCCCCC(CCC)CCCC1COCN1. The topological polar surface area (TPSA) is 21.3 Å². The van der Waals surface area contributed by atoms with Crippen LogP contribution in [0, 0.1) is 5.92 Å². The first-order valence-electron chi connectivity index (χ1n) is 9.18. The van der Waals surface area contributed by atoms with Crippen molar-refractivity contribution in [3.63, 3.8) is 0 Å².